The maximum Gasteiger partial charge on any atom is 0.408 e. The number of carboxylic acid groups (broad SMARTS) is 1. The predicted octanol–water partition coefficient (Wildman–Crippen LogP) is 3.54. The van der Waals surface area contributed by atoms with E-state index in [-0.39, 0.29) is 37.9 Å². The zero-order valence-corrected chi connectivity index (χ0v) is 19.8. The van der Waals surface area contributed by atoms with Crippen molar-refractivity contribution in [3.05, 3.63) is 59.7 Å². The molecule has 2 amide bonds. The zero-order chi connectivity index (χ0) is 24.6. The molecule has 0 spiro atoms. The lowest BCUT2D eigenvalue weighted by atomic mass is 9.95. The van der Waals surface area contributed by atoms with Crippen LogP contribution in [0.4, 0.5) is 4.79 Å². The number of carbonyl (C=O) groups is 3. The summed E-state index contributed by atoms with van der Waals surface area (Å²) >= 11 is 0. The number of nitrogens with zero attached hydrogens (tertiary/aromatic N) is 1. The lowest BCUT2D eigenvalue weighted by molar-refractivity contribution is -0.161. The summed E-state index contributed by atoms with van der Waals surface area (Å²) in [5.74, 6) is -1.41. The molecule has 1 heterocycles. The Morgan fingerprint density at radius 3 is 2.14 bits per heavy atom. The monoisotopic (exact) mass is 478 g/mol. The van der Waals surface area contributed by atoms with Gasteiger partial charge in [0, 0.05) is 26.0 Å². The lowest BCUT2D eigenvalue weighted by Gasteiger charge is -2.33. The van der Waals surface area contributed by atoms with Gasteiger partial charge in [0.05, 0.1) is 6.54 Å². The SMILES string of the molecule is COC1(C(=O)O)CCN(C(=O)C2(NC(=O)OCC3c4ccccc4-c4ccccc43)CCCC2)C1. The number of carboxylic acids is 1. The number of nitrogens with one attached hydrogen (secondary N) is 1. The first-order chi connectivity index (χ1) is 16.9. The Morgan fingerprint density at radius 1 is 1.00 bits per heavy atom. The van der Waals surface area contributed by atoms with Crippen molar-refractivity contribution in [1.29, 1.82) is 0 Å². The molecule has 0 bridgehead atoms. The number of hydrogen-bond acceptors (Lipinski definition) is 5. The van der Waals surface area contributed by atoms with Crippen molar-refractivity contribution < 1.29 is 29.0 Å². The normalized spacial score (nSPS) is 22.5. The molecule has 5 rings (SSSR count). The van der Waals surface area contributed by atoms with Crippen molar-refractivity contribution in [3.8, 4) is 11.1 Å². The van der Waals surface area contributed by atoms with Crippen LogP contribution in [-0.4, -0.2) is 65.9 Å². The summed E-state index contributed by atoms with van der Waals surface area (Å²) < 4.78 is 11.0. The first-order valence-corrected chi connectivity index (χ1v) is 12.1. The van der Waals surface area contributed by atoms with Crippen LogP contribution in [0.2, 0.25) is 0 Å². The van der Waals surface area contributed by atoms with Gasteiger partial charge >= 0.3 is 12.1 Å². The molecule has 2 aromatic carbocycles. The summed E-state index contributed by atoms with van der Waals surface area (Å²) in [6.45, 7) is 0.401. The molecule has 8 nitrogen and oxygen atoms in total. The van der Waals surface area contributed by atoms with Gasteiger partial charge in [0.25, 0.3) is 0 Å². The Labute approximate surface area is 204 Å². The number of methoxy groups -OCH3 is 1. The molecule has 8 heteroatoms. The Hall–Kier alpha value is -3.39. The number of benzene rings is 2. The number of likely N-dealkylation sites (tertiary alicyclic amines) is 1. The summed E-state index contributed by atoms with van der Waals surface area (Å²) in [7, 11) is 1.35. The van der Waals surface area contributed by atoms with Gasteiger partial charge < -0.3 is 24.8 Å². The summed E-state index contributed by atoms with van der Waals surface area (Å²) in [5, 5.41) is 12.5. The number of carbonyl (C=O) groups excluding carboxylic acids is 2. The minimum Gasteiger partial charge on any atom is -0.479 e. The van der Waals surface area contributed by atoms with Gasteiger partial charge in [-0.05, 0) is 35.1 Å². The fraction of sp³-hybridized carbons (Fsp3) is 0.444. The van der Waals surface area contributed by atoms with Crippen molar-refractivity contribution in [1.82, 2.24) is 10.2 Å². The second-order valence-corrected chi connectivity index (χ2v) is 9.72. The van der Waals surface area contributed by atoms with Crippen molar-refractivity contribution in [2.75, 3.05) is 26.8 Å². The standard InChI is InChI=1S/C27H30N2O6/c1-34-27(24(31)32)14-15-29(17-27)23(30)26(12-6-7-13-26)28-25(33)35-16-22-20-10-4-2-8-18(20)19-9-3-5-11-21(19)22/h2-5,8-11,22H,6-7,12-17H2,1H3,(H,28,33)(H,31,32). The number of alkyl carbamates (subject to hydrolysis) is 1. The fourth-order valence-corrected chi connectivity index (χ4v) is 5.89. The number of aliphatic carboxylic acids is 1. The maximum atomic E-state index is 13.5. The number of hydrogen-bond donors (Lipinski definition) is 2. The molecule has 1 atom stereocenters. The molecule has 0 radical (unpaired) electrons. The molecule has 1 unspecified atom stereocenters. The van der Waals surface area contributed by atoms with Gasteiger partial charge in [-0.25, -0.2) is 9.59 Å². The van der Waals surface area contributed by atoms with E-state index in [2.05, 4.69) is 29.6 Å². The second-order valence-electron chi connectivity index (χ2n) is 9.72. The molecular weight excluding hydrogens is 448 g/mol. The van der Waals surface area contributed by atoms with Crippen LogP contribution in [0.1, 0.15) is 49.1 Å². The first kappa shape index (κ1) is 23.4. The van der Waals surface area contributed by atoms with E-state index in [4.69, 9.17) is 9.47 Å². The van der Waals surface area contributed by atoms with Crippen LogP contribution in [-0.2, 0) is 19.1 Å². The highest BCUT2D eigenvalue weighted by molar-refractivity contribution is 5.92. The minimum atomic E-state index is -1.40. The van der Waals surface area contributed by atoms with Gasteiger partial charge in [-0.3, -0.25) is 4.79 Å². The first-order valence-electron chi connectivity index (χ1n) is 12.1. The van der Waals surface area contributed by atoms with Crippen molar-refractivity contribution in [3.63, 3.8) is 0 Å². The summed E-state index contributed by atoms with van der Waals surface area (Å²) in [5.41, 5.74) is 2.05. The largest absolute Gasteiger partial charge is 0.479 e. The van der Waals surface area contributed by atoms with E-state index in [1.165, 1.54) is 12.0 Å². The third-order valence-corrected chi connectivity index (χ3v) is 7.85. The predicted molar refractivity (Wildman–Crippen MR) is 128 cm³/mol. The third kappa shape index (κ3) is 3.95. The molecule has 2 aliphatic carbocycles. The topological polar surface area (TPSA) is 105 Å². The Bertz CT molecular complexity index is 1110. The Kier molecular flexibility index (Phi) is 6.01. The van der Waals surface area contributed by atoms with Crippen LogP contribution in [0, 0.1) is 0 Å². The molecular formula is C27H30N2O6. The Balaban J connectivity index is 1.28. The summed E-state index contributed by atoms with van der Waals surface area (Å²) in [6, 6.07) is 16.2. The molecule has 184 valence electrons. The highest BCUT2D eigenvalue weighted by Crippen LogP contribution is 2.44. The molecule has 2 N–H and O–H groups in total. The number of fused-ring (bicyclic) bond motifs is 3. The highest BCUT2D eigenvalue weighted by atomic mass is 16.5. The number of amides is 2. The highest BCUT2D eigenvalue weighted by Gasteiger charge is 2.52. The summed E-state index contributed by atoms with van der Waals surface area (Å²) in [6.07, 6.45) is 2.19. The summed E-state index contributed by atoms with van der Waals surface area (Å²) in [4.78, 5) is 39.7. The Morgan fingerprint density at radius 2 is 1.60 bits per heavy atom. The fourth-order valence-electron chi connectivity index (χ4n) is 5.89. The average Bonchev–Trinajstić information content (AvgIpc) is 3.59. The zero-order valence-electron chi connectivity index (χ0n) is 19.8. The van der Waals surface area contributed by atoms with E-state index >= 15 is 0 Å². The van der Waals surface area contributed by atoms with E-state index in [9.17, 15) is 19.5 Å². The van der Waals surface area contributed by atoms with E-state index in [0.717, 1.165) is 35.1 Å². The lowest BCUT2D eigenvalue weighted by Crippen LogP contribution is -2.58. The van der Waals surface area contributed by atoms with Gasteiger partial charge in [0.1, 0.15) is 12.1 Å². The van der Waals surface area contributed by atoms with Crippen LogP contribution in [0.5, 0.6) is 0 Å². The van der Waals surface area contributed by atoms with Gasteiger partial charge in [-0.2, -0.15) is 0 Å². The molecule has 2 fully saturated rings. The molecule has 1 saturated carbocycles. The maximum absolute atomic E-state index is 13.5. The molecule has 0 aromatic heterocycles. The third-order valence-electron chi connectivity index (χ3n) is 7.85. The van der Waals surface area contributed by atoms with Crippen LogP contribution >= 0.6 is 0 Å². The van der Waals surface area contributed by atoms with Crippen molar-refractivity contribution in [2.45, 2.75) is 49.2 Å². The van der Waals surface area contributed by atoms with E-state index in [1.807, 2.05) is 24.3 Å². The van der Waals surface area contributed by atoms with Crippen LogP contribution < -0.4 is 5.32 Å². The van der Waals surface area contributed by atoms with Gasteiger partial charge in [0.15, 0.2) is 5.60 Å². The molecule has 3 aliphatic rings. The van der Waals surface area contributed by atoms with E-state index in [1.54, 1.807) is 0 Å². The van der Waals surface area contributed by atoms with Crippen molar-refractivity contribution >= 4 is 18.0 Å². The van der Waals surface area contributed by atoms with E-state index < -0.39 is 23.2 Å². The molecule has 35 heavy (non-hydrogen) atoms. The van der Waals surface area contributed by atoms with Crippen LogP contribution in [0.15, 0.2) is 48.5 Å². The molecule has 1 saturated heterocycles. The second kappa shape index (κ2) is 9.00. The average molecular weight is 479 g/mol. The quantitative estimate of drug-likeness (QED) is 0.658. The van der Waals surface area contributed by atoms with Crippen molar-refractivity contribution in [2.24, 2.45) is 0 Å². The van der Waals surface area contributed by atoms with Gasteiger partial charge in [-0.1, -0.05) is 61.4 Å². The molecule has 2 aromatic rings. The number of ether oxygens (including phenoxy) is 2. The minimum absolute atomic E-state index is 0.0359. The van der Waals surface area contributed by atoms with Crippen LogP contribution in [0.25, 0.3) is 11.1 Å². The van der Waals surface area contributed by atoms with E-state index in [0.29, 0.717) is 12.8 Å². The molecule has 1 aliphatic heterocycles. The van der Waals surface area contributed by atoms with Crippen LogP contribution in [0.3, 0.4) is 0 Å². The van der Waals surface area contributed by atoms with Gasteiger partial charge in [0.2, 0.25) is 5.91 Å². The number of rotatable bonds is 6. The van der Waals surface area contributed by atoms with Gasteiger partial charge in [-0.15, -0.1) is 0 Å². The smallest absolute Gasteiger partial charge is 0.408 e.